The zero-order valence-electron chi connectivity index (χ0n) is 15.6. The van der Waals surface area contributed by atoms with E-state index < -0.39 is 0 Å². The van der Waals surface area contributed by atoms with Crippen molar-refractivity contribution in [2.75, 3.05) is 28.3 Å². The van der Waals surface area contributed by atoms with Crippen molar-refractivity contribution in [3.63, 3.8) is 0 Å². The Morgan fingerprint density at radius 2 is 1.81 bits per heavy atom. The van der Waals surface area contributed by atoms with E-state index in [2.05, 4.69) is 0 Å². The molecule has 1 N–H and O–H groups in total. The van der Waals surface area contributed by atoms with Gasteiger partial charge in [-0.3, -0.25) is 4.79 Å². The van der Waals surface area contributed by atoms with Crippen LogP contribution in [0.4, 0.5) is 0 Å². The summed E-state index contributed by atoms with van der Waals surface area (Å²) in [6, 6.07) is 8.24. The fourth-order valence-electron chi connectivity index (χ4n) is 2.97. The molecule has 27 heavy (non-hydrogen) atoms. The van der Waals surface area contributed by atoms with E-state index in [1.165, 1.54) is 13.4 Å². The lowest BCUT2D eigenvalue weighted by Crippen LogP contribution is -2.12. The van der Waals surface area contributed by atoms with Crippen LogP contribution in [0.3, 0.4) is 0 Å². The molecule has 3 rings (SSSR count). The number of ketones is 1. The van der Waals surface area contributed by atoms with Crippen LogP contribution < -0.4 is 9.47 Å². The van der Waals surface area contributed by atoms with Crippen molar-refractivity contribution in [3.05, 3.63) is 53.3 Å². The second-order valence-electron chi connectivity index (χ2n) is 6.22. The predicted octanol–water partition coefficient (Wildman–Crippen LogP) is 3.87. The number of benzene rings is 2. The van der Waals surface area contributed by atoms with Crippen LogP contribution in [0.15, 0.2) is 41.0 Å². The van der Waals surface area contributed by atoms with Crippen molar-refractivity contribution in [3.8, 4) is 17.2 Å². The van der Waals surface area contributed by atoms with Gasteiger partial charge in [0.05, 0.1) is 19.8 Å². The number of fused-ring (bicyclic) bond motifs is 1. The van der Waals surface area contributed by atoms with Gasteiger partial charge in [-0.25, -0.2) is 0 Å². The number of hydrogen-bond acceptors (Lipinski definition) is 6. The van der Waals surface area contributed by atoms with Crippen LogP contribution in [-0.2, 0) is 6.54 Å². The van der Waals surface area contributed by atoms with Crippen LogP contribution in [0.25, 0.3) is 11.0 Å². The van der Waals surface area contributed by atoms with E-state index in [1.54, 1.807) is 37.4 Å². The Balaban J connectivity index is 0.00000261. The molecule has 0 aliphatic heterocycles. The molecular weight excluding hydrogens is 370 g/mol. The molecule has 0 saturated heterocycles. The standard InChI is InChI=1S/C20H21NO5.ClH/c1-21(2)10-13-15(22)6-8-17-19(13)14(11-26-17)20(23)12-5-7-16(24-3)18(9-12)25-4;/h5-9,11,22H,10H2,1-4H3;1H. The Kier molecular flexibility index (Phi) is 6.36. The van der Waals surface area contributed by atoms with Crippen LogP contribution in [0.1, 0.15) is 21.5 Å². The average molecular weight is 392 g/mol. The van der Waals surface area contributed by atoms with Gasteiger partial charge in [0.2, 0.25) is 0 Å². The molecule has 0 spiro atoms. The smallest absolute Gasteiger partial charge is 0.197 e. The van der Waals surface area contributed by atoms with E-state index in [4.69, 9.17) is 13.9 Å². The minimum absolute atomic E-state index is 0. The Bertz CT molecular complexity index is 964. The summed E-state index contributed by atoms with van der Waals surface area (Å²) in [6.07, 6.45) is 1.43. The van der Waals surface area contributed by atoms with Crippen molar-refractivity contribution in [1.29, 1.82) is 0 Å². The molecule has 0 fully saturated rings. The minimum Gasteiger partial charge on any atom is -0.508 e. The number of halogens is 1. The normalized spacial score (nSPS) is 10.7. The number of phenolic OH excluding ortho intramolecular Hbond substituents is 1. The summed E-state index contributed by atoms with van der Waals surface area (Å²) < 4.78 is 16.1. The topological polar surface area (TPSA) is 72.1 Å². The largest absolute Gasteiger partial charge is 0.508 e. The van der Waals surface area contributed by atoms with Gasteiger partial charge in [0.25, 0.3) is 0 Å². The van der Waals surface area contributed by atoms with E-state index in [9.17, 15) is 9.90 Å². The van der Waals surface area contributed by atoms with Crippen LogP contribution in [-0.4, -0.2) is 44.1 Å². The molecule has 1 heterocycles. The van der Waals surface area contributed by atoms with Crippen LogP contribution in [0, 0.1) is 0 Å². The number of aromatic hydroxyl groups is 1. The number of methoxy groups -OCH3 is 2. The first-order valence-corrected chi connectivity index (χ1v) is 8.09. The third-order valence-corrected chi connectivity index (χ3v) is 4.19. The molecule has 0 aliphatic carbocycles. The molecule has 3 aromatic rings. The number of carbonyl (C=O) groups excluding carboxylic acids is 1. The highest BCUT2D eigenvalue weighted by Crippen LogP contribution is 2.34. The Morgan fingerprint density at radius 3 is 2.44 bits per heavy atom. The minimum atomic E-state index is -0.213. The third-order valence-electron chi connectivity index (χ3n) is 4.19. The summed E-state index contributed by atoms with van der Waals surface area (Å²) in [4.78, 5) is 15.0. The van der Waals surface area contributed by atoms with E-state index >= 15 is 0 Å². The average Bonchev–Trinajstić information content (AvgIpc) is 3.06. The van der Waals surface area contributed by atoms with Gasteiger partial charge < -0.3 is 23.9 Å². The van der Waals surface area contributed by atoms with Gasteiger partial charge >= 0.3 is 0 Å². The first-order chi connectivity index (χ1) is 12.5. The lowest BCUT2D eigenvalue weighted by Gasteiger charge is -2.13. The Morgan fingerprint density at radius 1 is 1.11 bits per heavy atom. The van der Waals surface area contributed by atoms with Gasteiger partial charge in [-0.15, -0.1) is 12.4 Å². The third kappa shape index (κ3) is 3.86. The van der Waals surface area contributed by atoms with E-state index in [1.807, 2.05) is 19.0 Å². The van der Waals surface area contributed by atoms with E-state index in [0.717, 1.165) is 0 Å². The molecule has 0 atom stereocenters. The van der Waals surface area contributed by atoms with Gasteiger partial charge in [-0.2, -0.15) is 0 Å². The quantitative estimate of drug-likeness (QED) is 0.643. The maximum Gasteiger partial charge on any atom is 0.197 e. The van der Waals surface area contributed by atoms with Crippen molar-refractivity contribution >= 4 is 29.2 Å². The Labute approximate surface area is 163 Å². The highest BCUT2D eigenvalue weighted by molar-refractivity contribution is 6.17. The zero-order chi connectivity index (χ0) is 18.8. The fraction of sp³-hybridized carbons (Fsp3) is 0.250. The lowest BCUT2D eigenvalue weighted by atomic mass is 9.98. The van der Waals surface area contributed by atoms with Crippen molar-refractivity contribution in [2.24, 2.45) is 0 Å². The van der Waals surface area contributed by atoms with Crippen LogP contribution >= 0.6 is 12.4 Å². The van der Waals surface area contributed by atoms with Crippen molar-refractivity contribution in [2.45, 2.75) is 6.54 Å². The van der Waals surface area contributed by atoms with Gasteiger partial charge in [0, 0.05) is 23.1 Å². The summed E-state index contributed by atoms with van der Waals surface area (Å²) >= 11 is 0. The second kappa shape index (κ2) is 8.33. The predicted molar refractivity (Wildman–Crippen MR) is 105 cm³/mol. The second-order valence-corrected chi connectivity index (χ2v) is 6.22. The molecule has 2 aromatic carbocycles. The van der Waals surface area contributed by atoms with Crippen molar-refractivity contribution < 1.29 is 23.8 Å². The van der Waals surface area contributed by atoms with E-state index in [-0.39, 0.29) is 23.9 Å². The molecule has 1 aromatic heterocycles. The summed E-state index contributed by atoms with van der Waals surface area (Å²) in [5.74, 6) is 0.943. The number of furan rings is 1. The summed E-state index contributed by atoms with van der Waals surface area (Å²) in [5, 5.41) is 10.9. The van der Waals surface area contributed by atoms with Crippen molar-refractivity contribution in [1.82, 2.24) is 4.90 Å². The first kappa shape index (κ1) is 20.6. The molecule has 6 nitrogen and oxygen atoms in total. The van der Waals surface area contributed by atoms with Crippen LogP contribution in [0.2, 0.25) is 0 Å². The van der Waals surface area contributed by atoms with Crippen LogP contribution in [0.5, 0.6) is 17.2 Å². The molecule has 144 valence electrons. The van der Waals surface area contributed by atoms with E-state index in [0.29, 0.717) is 45.7 Å². The van der Waals surface area contributed by atoms with Gasteiger partial charge in [-0.05, 0) is 44.4 Å². The summed E-state index contributed by atoms with van der Waals surface area (Å²) in [7, 11) is 6.86. The molecule has 0 aliphatic rings. The maximum absolute atomic E-state index is 13.1. The highest BCUT2D eigenvalue weighted by Gasteiger charge is 2.21. The van der Waals surface area contributed by atoms with Gasteiger partial charge in [-0.1, -0.05) is 0 Å². The van der Waals surface area contributed by atoms with Gasteiger partial charge in [0.15, 0.2) is 17.3 Å². The molecule has 0 saturated carbocycles. The highest BCUT2D eigenvalue weighted by atomic mass is 35.5. The summed E-state index contributed by atoms with van der Waals surface area (Å²) in [6.45, 7) is 0.481. The number of phenols is 1. The SMILES string of the molecule is COc1ccc(C(=O)c2coc3ccc(O)c(CN(C)C)c23)cc1OC.Cl. The fourth-order valence-corrected chi connectivity index (χ4v) is 2.97. The number of ether oxygens (including phenoxy) is 2. The Hall–Kier alpha value is -2.70. The maximum atomic E-state index is 13.1. The number of hydrogen-bond donors (Lipinski definition) is 1. The number of carbonyl (C=O) groups is 1. The molecule has 0 bridgehead atoms. The first-order valence-electron chi connectivity index (χ1n) is 8.09. The molecular formula is C20H22ClNO5. The summed E-state index contributed by atoms with van der Waals surface area (Å²) in [5.41, 5.74) is 2.07. The van der Waals surface area contributed by atoms with Gasteiger partial charge in [0.1, 0.15) is 17.6 Å². The monoisotopic (exact) mass is 391 g/mol. The zero-order valence-corrected chi connectivity index (χ0v) is 16.4. The molecule has 0 amide bonds. The molecule has 0 unspecified atom stereocenters. The number of rotatable bonds is 6. The number of nitrogens with zero attached hydrogens (tertiary/aromatic N) is 1. The lowest BCUT2D eigenvalue weighted by molar-refractivity contribution is 0.103. The molecule has 0 radical (unpaired) electrons. The molecule has 7 heteroatoms.